The van der Waals surface area contributed by atoms with Crippen LogP contribution in [0.1, 0.15) is 98.3 Å². The minimum Gasteiger partial charge on any atom is -0.490 e. The summed E-state index contributed by atoms with van der Waals surface area (Å²) in [6, 6.07) is 15.0. The van der Waals surface area contributed by atoms with Crippen LogP contribution in [0.15, 0.2) is 72.5 Å². The lowest BCUT2D eigenvalue weighted by atomic mass is 9.88. The number of amides is 2. The number of hydrogen-bond donors (Lipinski definition) is 5. The molecule has 0 unspecified atom stereocenters. The van der Waals surface area contributed by atoms with Gasteiger partial charge in [0.15, 0.2) is 5.75 Å². The van der Waals surface area contributed by atoms with Gasteiger partial charge in [-0.15, -0.1) is 16.4 Å². The van der Waals surface area contributed by atoms with Crippen LogP contribution in [0, 0.1) is 25.6 Å². The summed E-state index contributed by atoms with van der Waals surface area (Å²) in [4.78, 5) is 48.5. The predicted molar refractivity (Wildman–Crippen MR) is 308 cm³/mol. The number of nitrogens with zero attached hydrogens (tertiary/aromatic N) is 9. The van der Waals surface area contributed by atoms with Crippen LogP contribution >= 0.6 is 11.3 Å². The van der Waals surface area contributed by atoms with E-state index in [1.165, 1.54) is 15.6 Å². The number of nitrogens with one attached hydrogen (secondary N) is 3. The van der Waals surface area contributed by atoms with Gasteiger partial charge in [-0.05, 0) is 73.3 Å². The molecule has 22 heteroatoms. The molecule has 4 saturated heterocycles. The van der Waals surface area contributed by atoms with Crippen LogP contribution in [0.25, 0.3) is 54.6 Å². The Kier molecular flexibility index (Phi) is 13.8. The Morgan fingerprint density at radius 2 is 1.80 bits per heavy atom. The van der Waals surface area contributed by atoms with Crippen molar-refractivity contribution in [1.82, 2.24) is 55.7 Å². The topological polar surface area (TPSA) is 240 Å². The highest BCUT2D eigenvalue weighted by molar-refractivity contribution is 7.13. The van der Waals surface area contributed by atoms with Gasteiger partial charge < -0.3 is 49.6 Å². The molecule has 0 radical (unpaired) electrons. The Bertz CT molecular complexity index is 3790. The summed E-state index contributed by atoms with van der Waals surface area (Å²) in [5, 5.41) is 46.0. The van der Waals surface area contributed by atoms with Gasteiger partial charge in [-0.1, -0.05) is 67.6 Å². The molecule has 7 atom stereocenters. The number of ether oxygens (including phenoxy) is 4. The van der Waals surface area contributed by atoms with E-state index in [0.717, 1.165) is 80.8 Å². The fourth-order valence-electron chi connectivity index (χ4n) is 13.3. The largest absolute Gasteiger partial charge is 0.490 e. The van der Waals surface area contributed by atoms with Gasteiger partial charge in [0, 0.05) is 72.1 Å². The number of likely N-dealkylation sites (tertiary alicyclic amines) is 1. The smallest absolute Gasteiger partial charge is 0.319 e. The van der Waals surface area contributed by atoms with Gasteiger partial charge in [0.1, 0.15) is 60.0 Å². The number of piperazine rings is 1. The molecule has 4 aromatic heterocycles. The number of β-amino-alcohol motifs (C(OH)–C–C–N with tert-alkyl or cyclic N) is 1. The number of aliphatic hydroxyl groups is 2. The van der Waals surface area contributed by atoms with Crippen LogP contribution in [0.3, 0.4) is 0 Å². The standard InChI is InChI=1S/C61H65FN12O8S/c1-30(2)54(60(78)72-24-39(76)20-47(72)59(77)66-46(26-75)35-9-13-37(14-10-35)57-32(4)64-29-83-57)73-25-45(70-71-73)34-7-5-33(6-8-34)27-80-56-51(49-31(3)42(62)21-43-41(49)23-65-69-43)50(36-11-12-36)55-52-53(56)67-61(82-40-15-17-79-18-16-40)68-58(52)74-38-19-44(63-22-38)48(74)28-81-55/h5-10,13-14,21,23,25,29-30,36,38-40,44,46-48,54,63,75-76H,11-12,15-20,22,24,26-28H2,1-4H3,(H,65,69)(H,66,77)/t38-,39+,44-,46-,47-,48+,54-/m0/s1. The van der Waals surface area contributed by atoms with Gasteiger partial charge in [-0.3, -0.25) is 14.7 Å². The number of fused-ring (bicyclic) bond motifs is 7. The third-order valence-electron chi connectivity index (χ3n) is 17.7. The van der Waals surface area contributed by atoms with Crippen molar-refractivity contribution in [3.05, 3.63) is 106 Å². The summed E-state index contributed by atoms with van der Waals surface area (Å²) in [7, 11) is 0. The number of rotatable bonds is 16. The van der Waals surface area contributed by atoms with Gasteiger partial charge in [0.25, 0.3) is 0 Å². The van der Waals surface area contributed by atoms with Crippen molar-refractivity contribution in [2.75, 3.05) is 44.4 Å². The van der Waals surface area contributed by atoms with E-state index in [0.29, 0.717) is 77.6 Å². The first-order valence-electron chi connectivity index (χ1n) is 28.9. The number of benzene rings is 4. The zero-order valence-corrected chi connectivity index (χ0v) is 47.4. The minimum absolute atomic E-state index is 0.0229. The van der Waals surface area contributed by atoms with Crippen LogP contribution in [0.4, 0.5) is 10.2 Å². The monoisotopic (exact) mass is 1140 g/mol. The summed E-state index contributed by atoms with van der Waals surface area (Å²) < 4.78 is 44.6. The average Bonchev–Trinajstić information content (AvgIpc) is 1.91. The molecule has 1 saturated carbocycles. The number of anilines is 1. The van der Waals surface area contributed by atoms with E-state index in [2.05, 4.69) is 41.0 Å². The van der Waals surface area contributed by atoms with Gasteiger partial charge in [-0.2, -0.15) is 15.1 Å². The third kappa shape index (κ3) is 9.61. The van der Waals surface area contributed by atoms with Crippen molar-refractivity contribution in [1.29, 1.82) is 0 Å². The maximum atomic E-state index is 16.3. The molecule has 6 aliphatic rings. The van der Waals surface area contributed by atoms with Crippen LogP contribution in [-0.4, -0.2) is 143 Å². The van der Waals surface area contributed by atoms with Crippen LogP contribution in [0.2, 0.25) is 0 Å². The number of aromatic nitrogens is 8. The van der Waals surface area contributed by atoms with Crippen molar-refractivity contribution in [2.45, 2.75) is 127 Å². The minimum atomic E-state index is -0.983. The number of aliphatic hydroxyl groups excluding tert-OH is 2. The lowest BCUT2D eigenvalue weighted by Gasteiger charge is -2.35. The maximum absolute atomic E-state index is 16.3. The zero-order valence-electron chi connectivity index (χ0n) is 46.5. The SMILES string of the molecule is Cc1ncsc1-c1ccc([C@H](CO)NC(=O)[C@@H]2C[C@@H](O)CN2C(=O)[C@H](C(C)C)n2cc(-c3ccc(COc4c(-c5c(C)c(F)cc6[nH]ncc56)c(C5CC5)c5c6c(nc(OC7CCOCC7)nc46)N4[C@@H]6CN[C@@H](C6)[C@H]4CO5)cc3)nn2)cc1. The number of carbonyl (C=O) groups excluding carboxylic acids is 2. The van der Waals surface area contributed by atoms with Crippen LogP contribution in [0.5, 0.6) is 17.5 Å². The first kappa shape index (κ1) is 53.4. The van der Waals surface area contributed by atoms with Crippen molar-refractivity contribution in [3.63, 3.8) is 0 Å². The normalized spacial score (nSPS) is 22.0. The number of carbonyl (C=O) groups is 2. The van der Waals surface area contributed by atoms with Crippen LogP contribution in [-0.2, 0) is 20.9 Å². The molecule has 2 bridgehead atoms. The molecule has 1 aliphatic carbocycles. The summed E-state index contributed by atoms with van der Waals surface area (Å²) in [6.07, 6.45) is 6.66. The quantitative estimate of drug-likeness (QED) is 0.0624. The third-order valence-corrected chi connectivity index (χ3v) is 18.6. The molecule has 5 aliphatic heterocycles. The number of hydrogen-bond acceptors (Lipinski definition) is 17. The second-order valence-electron chi connectivity index (χ2n) is 23.4. The van der Waals surface area contributed by atoms with E-state index < -0.39 is 30.1 Å². The van der Waals surface area contributed by atoms with Crippen molar-refractivity contribution in [2.24, 2.45) is 5.92 Å². The Balaban J connectivity index is 0.765. The van der Waals surface area contributed by atoms with Gasteiger partial charge in [0.05, 0.1) is 77.4 Å². The molecule has 2 amide bonds. The lowest BCUT2D eigenvalue weighted by Crippen LogP contribution is -2.53. The molecule has 5 fully saturated rings. The molecule has 4 aromatic carbocycles. The van der Waals surface area contributed by atoms with Crippen molar-refractivity contribution >= 4 is 50.8 Å². The van der Waals surface area contributed by atoms with E-state index >= 15 is 4.39 Å². The summed E-state index contributed by atoms with van der Waals surface area (Å²) >= 11 is 1.54. The van der Waals surface area contributed by atoms with Gasteiger partial charge in [0.2, 0.25) is 11.8 Å². The number of thiazole rings is 1. The predicted octanol–water partition coefficient (Wildman–Crippen LogP) is 7.65. The summed E-state index contributed by atoms with van der Waals surface area (Å²) in [5.74, 6) is 0.562. The van der Waals surface area contributed by atoms with Crippen molar-refractivity contribution in [3.8, 4) is 50.3 Å². The number of aryl methyl sites for hydroxylation is 1. The van der Waals surface area contributed by atoms with E-state index in [1.54, 1.807) is 36.2 Å². The Labute approximate surface area is 481 Å². The summed E-state index contributed by atoms with van der Waals surface area (Å²) in [6.45, 7) is 9.68. The summed E-state index contributed by atoms with van der Waals surface area (Å²) in [5.41, 5.74) is 10.4. The maximum Gasteiger partial charge on any atom is 0.319 e. The molecule has 20 nitrogen and oxygen atoms in total. The molecule has 430 valence electrons. The fraction of sp³-hybridized carbons (Fsp3) is 0.443. The lowest BCUT2D eigenvalue weighted by molar-refractivity contribution is -0.142. The first-order chi connectivity index (χ1) is 40.4. The highest BCUT2D eigenvalue weighted by Crippen LogP contribution is 2.59. The molecule has 83 heavy (non-hydrogen) atoms. The van der Waals surface area contributed by atoms with Crippen molar-refractivity contribution < 1.29 is 43.1 Å². The molecule has 14 rings (SSSR count). The van der Waals surface area contributed by atoms with E-state index in [1.807, 2.05) is 69.3 Å². The molecule has 8 aromatic rings. The molecular weight excluding hydrogens is 1080 g/mol. The van der Waals surface area contributed by atoms with E-state index in [9.17, 15) is 19.8 Å². The van der Waals surface area contributed by atoms with E-state index in [-0.39, 0.29) is 80.0 Å². The zero-order chi connectivity index (χ0) is 56.8. The number of H-pyrrole nitrogens is 1. The highest BCUT2D eigenvalue weighted by atomic mass is 32.1. The van der Waals surface area contributed by atoms with E-state index in [4.69, 9.17) is 28.9 Å². The fourth-order valence-corrected chi connectivity index (χ4v) is 14.1. The molecule has 5 N–H and O–H groups in total. The van der Waals surface area contributed by atoms with Gasteiger partial charge in [-0.25, -0.2) is 14.1 Å². The molecule has 9 heterocycles. The van der Waals surface area contributed by atoms with Gasteiger partial charge >= 0.3 is 6.01 Å². The Morgan fingerprint density at radius 1 is 1.00 bits per heavy atom. The second-order valence-corrected chi connectivity index (χ2v) is 24.2. The molecular formula is C61H65FN12O8S. The number of halogens is 1. The van der Waals surface area contributed by atoms with Crippen LogP contribution < -0.4 is 29.7 Å². The average molecular weight is 1150 g/mol. The Hall–Kier alpha value is -7.63. The highest BCUT2D eigenvalue weighted by Gasteiger charge is 2.51. The first-order valence-corrected chi connectivity index (χ1v) is 29.7. The number of aromatic amines is 1. The Morgan fingerprint density at radius 3 is 2.54 bits per heavy atom. The molecule has 0 spiro atoms. The second kappa shape index (κ2) is 21.5.